The van der Waals surface area contributed by atoms with Crippen molar-refractivity contribution in [1.29, 1.82) is 0 Å². The zero-order valence-corrected chi connectivity index (χ0v) is 7.70. The van der Waals surface area contributed by atoms with Crippen molar-refractivity contribution in [3.05, 3.63) is 0 Å². The molecule has 74 valence electrons. The first-order valence-electron chi connectivity index (χ1n) is 4.17. The monoisotopic (exact) mass is 183 g/mol. The van der Waals surface area contributed by atoms with Crippen LogP contribution in [0.25, 0.3) is 0 Å². The van der Waals surface area contributed by atoms with E-state index in [2.05, 4.69) is 5.32 Å². The summed E-state index contributed by atoms with van der Waals surface area (Å²) in [5.41, 5.74) is 0. The predicted octanol–water partition coefficient (Wildman–Crippen LogP) is 2.57. The van der Waals surface area contributed by atoms with Crippen molar-refractivity contribution in [3.63, 3.8) is 0 Å². The molecule has 1 N–H and O–H groups in total. The standard InChI is InChI=1S/C8H16F3N/c1-4-12-7(6(2)3)5-8(9,10)11/h6-7,12H,4-5H2,1-3H3. The van der Waals surface area contributed by atoms with E-state index in [-0.39, 0.29) is 5.92 Å². The van der Waals surface area contributed by atoms with Gasteiger partial charge in [-0.3, -0.25) is 0 Å². The molecule has 4 heteroatoms. The maximum atomic E-state index is 11.9. The highest BCUT2D eigenvalue weighted by molar-refractivity contribution is 4.73. The van der Waals surface area contributed by atoms with E-state index in [1.807, 2.05) is 6.92 Å². The van der Waals surface area contributed by atoms with Crippen molar-refractivity contribution in [2.75, 3.05) is 6.54 Å². The molecule has 0 saturated carbocycles. The van der Waals surface area contributed by atoms with E-state index in [1.54, 1.807) is 13.8 Å². The van der Waals surface area contributed by atoms with Crippen LogP contribution in [-0.2, 0) is 0 Å². The summed E-state index contributed by atoms with van der Waals surface area (Å²) in [5.74, 6) is 0.0200. The minimum atomic E-state index is -4.06. The summed E-state index contributed by atoms with van der Waals surface area (Å²) < 4.78 is 35.8. The minimum Gasteiger partial charge on any atom is -0.314 e. The second kappa shape index (κ2) is 4.70. The summed E-state index contributed by atoms with van der Waals surface area (Å²) >= 11 is 0. The van der Waals surface area contributed by atoms with Crippen molar-refractivity contribution >= 4 is 0 Å². The van der Waals surface area contributed by atoms with Gasteiger partial charge in [0, 0.05) is 6.04 Å². The molecular weight excluding hydrogens is 167 g/mol. The third kappa shape index (κ3) is 5.41. The van der Waals surface area contributed by atoms with Gasteiger partial charge in [0.1, 0.15) is 0 Å². The molecule has 0 aromatic heterocycles. The van der Waals surface area contributed by atoms with Crippen LogP contribution in [0.5, 0.6) is 0 Å². The number of halogens is 3. The quantitative estimate of drug-likeness (QED) is 0.706. The van der Waals surface area contributed by atoms with Crippen LogP contribution < -0.4 is 5.32 Å². The Morgan fingerprint density at radius 1 is 1.25 bits per heavy atom. The Morgan fingerprint density at radius 2 is 1.75 bits per heavy atom. The van der Waals surface area contributed by atoms with Crippen molar-refractivity contribution in [3.8, 4) is 0 Å². The molecule has 12 heavy (non-hydrogen) atoms. The van der Waals surface area contributed by atoms with Gasteiger partial charge in [0.15, 0.2) is 0 Å². The second-order valence-corrected chi connectivity index (χ2v) is 3.23. The fraction of sp³-hybridized carbons (Fsp3) is 1.00. The van der Waals surface area contributed by atoms with E-state index in [0.717, 1.165) is 0 Å². The van der Waals surface area contributed by atoms with Gasteiger partial charge in [0.25, 0.3) is 0 Å². The van der Waals surface area contributed by atoms with Crippen LogP contribution in [0.1, 0.15) is 27.2 Å². The number of hydrogen-bond donors (Lipinski definition) is 1. The Kier molecular flexibility index (Phi) is 4.60. The first-order chi connectivity index (χ1) is 5.37. The van der Waals surface area contributed by atoms with Crippen LogP contribution in [0.3, 0.4) is 0 Å². The lowest BCUT2D eigenvalue weighted by atomic mass is 10.0. The van der Waals surface area contributed by atoms with Gasteiger partial charge in [-0.1, -0.05) is 20.8 Å². The van der Waals surface area contributed by atoms with Gasteiger partial charge in [-0.15, -0.1) is 0 Å². The molecule has 0 rings (SSSR count). The lowest BCUT2D eigenvalue weighted by molar-refractivity contribution is -0.142. The Morgan fingerprint density at radius 3 is 2.00 bits per heavy atom. The van der Waals surface area contributed by atoms with E-state index >= 15 is 0 Å². The lowest BCUT2D eigenvalue weighted by Crippen LogP contribution is -2.37. The van der Waals surface area contributed by atoms with Crippen LogP contribution in [-0.4, -0.2) is 18.8 Å². The molecule has 1 nitrogen and oxygen atoms in total. The first kappa shape index (κ1) is 11.8. The molecule has 0 radical (unpaired) electrons. The van der Waals surface area contributed by atoms with Gasteiger partial charge >= 0.3 is 6.18 Å². The van der Waals surface area contributed by atoms with Crippen LogP contribution in [0, 0.1) is 5.92 Å². The number of nitrogens with one attached hydrogen (secondary N) is 1. The number of hydrogen-bond acceptors (Lipinski definition) is 1. The van der Waals surface area contributed by atoms with Crippen LogP contribution >= 0.6 is 0 Å². The smallest absolute Gasteiger partial charge is 0.314 e. The molecule has 0 amide bonds. The molecule has 0 bridgehead atoms. The van der Waals surface area contributed by atoms with Gasteiger partial charge in [0.05, 0.1) is 6.42 Å². The van der Waals surface area contributed by atoms with E-state index in [0.29, 0.717) is 6.54 Å². The molecular formula is C8H16F3N. The summed E-state index contributed by atoms with van der Waals surface area (Å²) in [4.78, 5) is 0. The van der Waals surface area contributed by atoms with Gasteiger partial charge < -0.3 is 5.32 Å². The maximum Gasteiger partial charge on any atom is 0.390 e. The number of rotatable bonds is 4. The SMILES string of the molecule is CCNC(CC(F)(F)F)C(C)C. The van der Waals surface area contributed by atoms with Crippen molar-refractivity contribution < 1.29 is 13.2 Å². The minimum absolute atomic E-state index is 0.0200. The highest BCUT2D eigenvalue weighted by Gasteiger charge is 2.32. The summed E-state index contributed by atoms with van der Waals surface area (Å²) in [6, 6.07) is -0.449. The zero-order valence-electron chi connectivity index (χ0n) is 7.70. The molecule has 0 saturated heterocycles. The molecule has 0 aromatic carbocycles. The maximum absolute atomic E-state index is 11.9. The van der Waals surface area contributed by atoms with Crippen LogP contribution in [0.4, 0.5) is 13.2 Å². The second-order valence-electron chi connectivity index (χ2n) is 3.23. The highest BCUT2D eigenvalue weighted by atomic mass is 19.4. The average molecular weight is 183 g/mol. The fourth-order valence-electron chi connectivity index (χ4n) is 1.06. The van der Waals surface area contributed by atoms with Gasteiger partial charge in [-0.25, -0.2) is 0 Å². The van der Waals surface area contributed by atoms with Crippen LogP contribution in [0.2, 0.25) is 0 Å². The van der Waals surface area contributed by atoms with Gasteiger partial charge in [0.2, 0.25) is 0 Å². The Hall–Kier alpha value is -0.250. The molecule has 0 spiro atoms. The third-order valence-corrected chi connectivity index (χ3v) is 1.72. The normalized spacial score (nSPS) is 15.2. The number of alkyl halides is 3. The van der Waals surface area contributed by atoms with E-state index in [1.165, 1.54) is 0 Å². The molecule has 0 aliphatic heterocycles. The van der Waals surface area contributed by atoms with E-state index < -0.39 is 18.6 Å². The topological polar surface area (TPSA) is 12.0 Å². The van der Waals surface area contributed by atoms with Gasteiger partial charge in [-0.2, -0.15) is 13.2 Å². The highest BCUT2D eigenvalue weighted by Crippen LogP contribution is 2.24. The van der Waals surface area contributed by atoms with Crippen molar-refractivity contribution in [2.24, 2.45) is 5.92 Å². The average Bonchev–Trinajstić information content (AvgIpc) is 1.83. The summed E-state index contributed by atoms with van der Waals surface area (Å²) in [7, 11) is 0. The molecule has 1 unspecified atom stereocenters. The largest absolute Gasteiger partial charge is 0.390 e. The molecule has 0 fully saturated rings. The predicted molar refractivity (Wildman–Crippen MR) is 43.0 cm³/mol. The molecule has 0 aromatic rings. The van der Waals surface area contributed by atoms with Crippen LogP contribution in [0.15, 0.2) is 0 Å². The first-order valence-corrected chi connectivity index (χ1v) is 4.17. The van der Waals surface area contributed by atoms with Gasteiger partial charge in [-0.05, 0) is 12.5 Å². The van der Waals surface area contributed by atoms with Crippen molar-refractivity contribution in [1.82, 2.24) is 5.32 Å². The summed E-state index contributed by atoms with van der Waals surface area (Å²) in [5, 5.41) is 2.82. The molecule has 0 aliphatic rings. The summed E-state index contributed by atoms with van der Waals surface area (Å²) in [6.07, 6.45) is -4.80. The summed E-state index contributed by atoms with van der Waals surface area (Å²) in [6.45, 7) is 5.98. The third-order valence-electron chi connectivity index (χ3n) is 1.72. The zero-order chi connectivity index (χ0) is 9.78. The fourth-order valence-corrected chi connectivity index (χ4v) is 1.06. The Labute approximate surface area is 71.3 Å². The van der Waals surface area contributed by atoms with E-state index in [4.69, 9.17) is 0 Å². The Balaban J connectivity index is 3.95. The molecule has 0 heterocycles. The van der Waals surface area contributed by atoms with Crippen molar-refractivity contribution in [2.45, 2.75) is 39.4 Å². The molecule has 0 aliphatic carbocycles. The van der Waals surface area contributed by atoms with E-state index in [9.17, 15) is 13.2 Å². The Bertz CT molecular complexity index is 120. The molecule has 1 atom stereocenters. The lowest BCUT2D eigenvalue weighted by Gasteiger charge is -2.22.